The molecule has 2 heteroatoms. The maximum atomic E-state index is 4.97. The minimum absolute atomic E-state index is 0.178. The monoisotopic (exact) mass is 477 g/mol. The van der Waals surface area contributed by atoms with Gasteiger partial charge in [-0.2, -0.15) is 0 Å². The van der Waals surface area contributed by atoms with Crippen LogP contribution in [0.4, 0.5) is 0 Å². The van der Waals surface area contributed by atoms with E-state index in [1.165, 1.54) is 63.2 Å². The van der Waals surface area contributed by atoms with Gasteiger partial charge in [0.1, 0.15) is 0 Å². The van der Waals surface area contributed by atoms with Crippen molar-refractivity contribution in [2.75, 3.05) is 0 Å². The summed E-state index contributed by atoms with van der Waals surface area (Å²) in [7, 11) is -0.534. The fraction of sp³-hybridized carbons (Fsp3) is 0.364. The molecule has 1 aliphatic heterocycles. The SMILES string of the molecule is CCCC1=Cc2c(-c3ccc(C(C)(C)C)cc3)cccc2C1[SiH2]C1=C(C)C2=C(C)C(CC)=NC2=C1. The molecule has 1 atom stereocenters. The summed E-state index contributed by atoms with van der Waals surface area (Å²) in [6.07, 6.45) is 8.39. The average molecular weight is 478 g/mol. The fourth-order valence-electron chi connectivity index (χ4n) is 6.12. The standard InChI is InChI=1S/C33H39NSi/c1-8-11-23-18-27-25(22-14-16-24(17-15-22)33(5,6)7)12-10-13-26(27)32(23)35-30-19-29-31(21(30)4)20(3)28(9-2)34-29/h10,12-19,32H,8-9,11,35H2,1-7H3. The molecule has 0 amide bonds. The molecular weight excluding hydrogens is 438 g/mol. The summed E-state index contributed by atoms with van der Waals surface area (Å²) >= 11 is 0. The smallest absolute Gasteiger partial charge is 0.0710 e. The largest absolute Gasteiger partial charge is 0.253 e. The predicted molar refractivity (Wildman–Crippen MR) is 156 cm³/mol. The van der Waals surface area contributed by atoms with E-state index >= 15 is 0 Å². The molecule has 0 saturated carbocycles. The Morgan fingerprint density at radius 1 is 0.914 bits per heavy atom. The number of allylic oxidation sites excluding steroid dienone is 5. The Morgan fingerprint density at radius 2 is 1.66 bits per heavy atom. The summed E-state index contributed by atoms with van der Waals surface area (Å²) in [5.41, 5.74) is 16.4. The van der Waals surface area contributed by atoms with Crippen LogP contribution >= 0.6 is 0 Å². The van der Waals surface area contributed by atoms with Crippen molar-refractivity contribution in [1.82, 2.24) is 0 Å². The number of rotatable bonds is 6. The van der Waals surface area contributed by atoms with E-state index in [0.29, 0.717) is 5.54 Å². The van der Waals surface area contributed by atoms with Crippen LogP contribution in [0.2, 0.25) is 0 Å². The van der Waals surface area contributed by atoms with Gasteiger partial charge in [0.05, 0.1) is 15.2 Å². The molecule has 0 bridgehead atoms. The summed E-state index contributed by atoms with van der Waals surface area (Å²) in [4.78, 5) is 4.97. The van der Waals surface area contributed by atoms with Crippen LogP contribution < -0.4 is 0 Å². The highest BCUT2D eigenvalue weighted by molar-refractivity contribution is 6.50. The summed E-state index contributed by atoms with van der Waals surface area (Å²) in [6.45, 7) is 16.0. The Labute approximate surface area is 214 Å². The highest BCUT2D eigenvalue weighted by atomic mass is 28.2. The van der Waals surface area contributed by atoms with Gasteiger partial charge < -0.3 is 0 Å². The Bertz CT molecular complexity index is 1340. The van der Waals surface area contributed by atoms with Crippen molar-refractivity contribution in [3.05, 3.63) is 98.4 Å². The molecule has 180 valence electrons. The van der Waals surface area contributed by atoms with E-state index in [-0.39, 0.29) is 5.41 Å². The molecule has 0 radical (unpaired) electrons. The molecule has 1 nitrogen and oxygen atoms in total. The molecule has 0 aromatic heterocycles. The molecule has 35 heavy (non-hydrogen) atoms. The lowest BCUT2D eigenvalue weighted by atomic mass is 9.86. The van der Waals surface area contributed by atoms with Gasteiger partial charge in [0.15, 0.2) is 0 Å². The van der Waals surface area contributed by atoms with E-state index in [1.807, 2.05) is 0 Å². The Morgan fingerprint density at radius 3 is 2.29 bits per heavy atom. The summed E-state index contributed by atoms with van der Waals surface area (Å²) in [5.74, 6) is 0. The van der Waals surface area contributed by atoms with Crippen LogP contribution in [0.15, 0.2) is 86.7 Å². The highest BCUT2D eigenvalue weighted by Gasteiger charge is 2.32. The van der Waals surface area contributed by atoms with Crippen LogP contribution in [-0.2, 0) is 5.41 Å². The zero-order valence-electron chi connectivity index (χ0n) is 22.5. The number of benzene rings is 2. The van der Waals surface area contributed by atoms with Gasteiger partial charge in [0, 0.05) is 11.3 Å². The van der Waals surface area contributed by atoms with Crippen molar-refractivity contribution in [3.8, 4) is 11.1 Å². The van der Waals surface area contributed by atoms with Gasteiger partial charge in [-0.05, 0) is 82.7 Å². The molecule has 1 heterocycles. The number of hydrogen-bond acceptors (Lipinski definition) is 1. The number of fused-ring (bicyclic) bond motifs is 2. The van der Waals surface area contributed by atoms with Crippen LogP contribution in [0.3, 0.4) is 0 Å². The average Bonchev–Trinajstić information content (AvgIpc) is 3.45. The molecule has 2 aromatic rings. The van der Waals surface area contributed by atoms with Crippen LogP contribution in [0.25, 0.3) is 17.2 Å². The van der Waals surface area contributed by atoms with Crippen LogP contribution in [0.1, 0.15) is 90.0 Å². The Balaban J connectivity index is 1.51. The topological polar surface area (TPSA) is 12.4 Å². The van der Waals surface area contributed by atoms with E-state index in [9.17, 15) is 0 Å². The van der Waals surface area contributed by atoms with E-state index in [0.717, 1.165) is 6.42 Å². The molecule has 0 N–H and O–H groups in total. The number of aliphatic imine (C=N–C) groups is 1. The van der Waals surface area contributed by atoms with Crippen LogP contribution in [0, 0.1) is 0 Å². The van der Waals surface area contributed by atoms with Crippen molar-refractivity contribution in [2.45, 2.75) is 78.7 Å². The quantitative estimate of drug-likeness (QED) is 0.370. The second-order valence-corrected chi connectivity index (χ2v) is 13.4. The molecule has 5 rings (SSSR count). The lowest BCUT2D eigenvalue weighted by molar-refractivity contribution is 0.590. The molecule has 2 aromatic carbocycles. The molecule has 3 aliphatic rings. The maximum Gasteiger partial charge on any atom is 0.0710 e. The summed E-state index contributed by atoms with van der Waals surface area (Å²) < 4.78 is 0. The first kappa shape index (κ1) is 24.0. The summed E-state index contributed by atoms with van der Waals surface area (Å²) in [6, 6.07) is 16.3. The lowest BCUT2D eigenvalue weighted by Gasteiger charge is -2.20. The number of nitrogens with zero attached hydrogens (tertiary/aromatic N) is 1. The molecule has 0 spiro atoms. The zero-order valence-corrected chi connectivity index (χ0v) is 24.0. The minimum atomic E-state index is -0.534. The lowest BCUT2D eigenvalue weighted by Crippen LogP contribution is -2.12. The third-order valence-corrected chi connectivity index (χ3v) is 10.7. The molecule has 2 aliphatic carbocycles. The first-order chi connectivity index (χ1) is 16.7. The molecule has 1 unspecified atom stereocenters. The van der Waals surface area contributed by atoms with E-state index in [2.05, 4.69) is 103 Å². The minimum Gasteiger partial charge on any atom is -0.253 e. The zero-order chi connectivity index (χ0) is 24.9. The fourth-order valence-corrected chi connectivity index (χ4v) is 8.51. The van der Waals surface area contributed by atoms with Crippen molar-refractivity contribution in [3.63, 3.8) is 0 Å². The molecule has 0 fully saturated rings. The second kappa shape index (κ2) is 9.06. The Hall–Kier alpha value is -2.71. The van der Waals surface area contributed by atoms with E-state index in [1.54, 1.807) is 16.3 Å². The molecular formula is C33H39NSi. The maximum absolute atomic E-state index is 4.97. The van der Waals surface area contributed by atoms with Crippen LogP contribution in [-0.4, -0.2) is 15.2 Å². The first-order valence-corrected chi connectivity index (χ1v) is 14.9. The second-order valence-electron chi connectivity index (χ2n) is 11.5. The first-order valence-electron chi connectivity index (χ1n) is 13.4. The van der Waals surface area contributed by atoms with Crippen molar-refractivity contribution in [1.29, 1.82) is 0 Å². The van der Waals surface area contributed by atoms with E-state index < -0.39 is 9.52 Å². The van der Waals surface area contributed by atoms with Crippen molar-refractivity contribution >= 4 is 21.3 Å². The van der Waals surface area contributed by atoms with Gasteiger partial charge in [-0.1, -0.05) is 100 Å². The summed E-state index contributed by atoms with van der Waals surface area (Å²) in [5, 5.41) is 1.60. The molecule has 0 saturated heterocycles. The van der Waals surface area contributed by atoms with Crippen LogP contribution in [0.5, 0.6) is 0 Å². The van der Waals surface area contributed by atoms with Gasteiger partial charge in [-0.15, -0.1) is 0 Å². The van der Waals surface area contributed by atoms with Gasteiger partial charge in [-0.25, -0.2) is 0 Å². The normalized spacial score (nSPS) is 19.5. The Kier molecular flexibility index (Phi) is 6.21. The van der Waals surface area contributed by atoms with Gasteiger partial charge in [0.2, 0.25) is 0 Å². The van der Waals surface area contributed by atoms with Gasteiger partial charge >= 0.3 is 0 Å². The van der Waals surface area contributed by atoms with Crippen molar-refractivity contribution in [2.24, 2.45) is 4.99 Å². The third-order valence-electron chi connectivity index (χ3n) is 8.14. The third kappa shape index (κ3) is 4.16. The van der Waals surface area contributed by atoms with E-state index in [4.69, 9.17) is 4.99 Å². The predicted octanol–water partition coefficient (Wildman–Crippen LogP) is 8.41. The van der Waals surface area contributed by atoms with Gasteiger partial charge in [0.25, 0.3) is 0 Å². The van der Waals surface area contributed by atoms with Gasteiger partial charge in [-0.3, -0.25) is 4.99 Å². The number of hydrogen-bond donors (Lipinski definition) is 0. The van der Waals surface area contributed by atoms with Crippen molar-refractivity contribution < 1.29 is 0 Å². The highest BCUT2D eigenvalue weighted by Crippen LogP contribution is 2.46.